The van der Waals surface area contributed by atoms with E-state index >= 15 is 0 Å². The van der Waals surface area contributed by atoms with E-state index in [0.717, 1.165) is 46.7 Å². The Morgan fingerprint density at radius 2 is 1.70 bits per heavy atom. The quantitative estimate of drug-likeness (QED) is 0.861. The van der Waals surface area contributed by atoms with Crippen molar-refractivity contribution in [2.75, 3.05) is 17.2 Å². The lowest BCUT2D eigenvalue weighted by Crippen LogP contribution is -2.08. The molecule has 0 saturated carbocycles. The Labute approximate surface area is 124 Å². The van der Waals surface area contributed by atoms with Crippen LogP contribution in [0.5, 0.6) is 0 Å². The van der Waals surface area contributed by atoms with E-state index in [2.05, 4.69) is 27.5 Å². The van der Waals surface area contributed by atoms with Crippen LogP contribution in [0.25, 0.3) is 0 Å². The van der Waals surface area contributed by atoms with Crippen molar-refractivity contribution in [3.05, 3.63) is 40.7 Å². The summed E-state index contributed by atoms with van der Waals surface area (Å²) in [6.45, 7) is 6.93. The van der Waals surface area contributed by atoms with Gasteiger partial charge in [-0.25, -0.2) is 9.97 Å². The van der Waals surface area contributed by atoms with Gasteiger partial charge in [0, 0.05) is 22.8 Å². The first-order valence-corrected chi connectivity index (χ1v) is 7.09. The maximum absolute atomic E-state index is 5.89. The molecule has 0 amide bonds. The van der Waals surface area contributed by atoms with Crippen LogP contribution in [0, 0.1) is 13.8 Å². The van der Waals surface area contributed by atoms with Gasteiger partial charge in [-0.1, -0.05) is 18.5 Å². The molecule has 5 heteroatoms. The van der Waals surface area contributed by atoms with Gasteiger partial charge in [-0.2, -0.15) is 0 Å². The minimum Gasteiger partial charge on any atom is -0.370 e. The average Bonchev–Trinajstić information content (AvgIpc) is 2.43. The number of hydrogen-bond donors (Lipinski definition) is 2. The number of hydrogen-bond acceptors (Lipinski definition) is 4. The second-order valence-corrected chi connectivity index (χ2v) is 5.09. The van der Waals surface area contributed by atoms with Crippen molar-refractivity contribution >= 4 is 28.9 Å². The maximum atomic E-state index is 5.89. The number of benzene rings is 1. The molecular weight excluding hydrogens is 272 g/mol. The van der Waals surface area contributed by atoms with Gasteiger partial charge in [-0.15, -0.1) is 0 Å². The zero-order chi connectivity index (χ0) is 14.5. The molecule has 2 N–H and O–H groups in total. The fourth-order valence-electron chi connectivity index (χ4n) is 1.84. The highest BCUT2D eigenvalue weighted by Crippen LogP contribution is 2.24. The first-order valence-electron chi connectivity index (χ1n) is 6.72. The molecule has 1 heterocycles. The zero-order valence-corrected chi connectivity index (χ0v) is 12.8. The molecule has 0 aliphatic heterocycles. The maximum Gasteiger partial charge on any atom is 0.139 e. The van der Waals surface area contributed by atoms with E-state index in [9.17, 15) is 0 Å². The molecule has 0 aliphatic rings. The van der Waals surface area contributed by atoms with Crippen molar-refractivity contribution in [2.45, 2.75) is 27.2 Å². The average molecular weight is 291 g/mol. The van der Waals surface area contributed by atoms with E-state index in [-0.39, 0.29) is 0 Å². The fraction of sp³-hybridized carbons (Fsp3) is 0.333. The first kappa shape index (κ1) is 14.6. The first-order chi connectivity index (χ1) is 9.60. The lowest BCUT2D eigenvalue weighted by molar-refractivity contribution is 0.948. The summed E-state index contributed by atoms with van der Waals surface area (Å²) in [4.78, 5) is 8.91. The van der Waals surface area contributed by atoms with Crippen LogP contribution >= 0.6 is 11.6 Å². The second-order valence-electron chi connectivity index (χ2n) is 4.65. The van der Waals surface area contributed by atoms with Crippen LogP contribution in [0.4, 0.5) is 17.3 Å². The van der Waals surface area contributed by atoms with E-state index < -0.39 is 0 Å². The van der Waals surface area contributed by atoms with Gasteiger partial charge in [-0.3, -0.25) is 0 Å². The predicted molar refractivity (Wildman–Crippen MR) is 85.0 cm³/mol. The SMILES string of the molecule is CCCNc1nc(C)nc(Nc2ccc(Cl)cc2)c1C. The van der Waals surface area contributed by atoms with Gasteiger partial charge in [0.15, 0.2) is 0 Å². The highest BCUT2D eigenvalue weighted by Gasteiger charge is 2.09. The van der Waals surface area contributed by atoms with Crippen molar-refractivity contribution < 1.29 is 0 Å². The summed E-state index contributed by atoms with van der Waals surface area (Å²) < 4.78 is 0. The van der Waals surface area contributed by atoms with Gasteiger partial charge in [-0.05, 0) is 44.5 Å². The Morgan fingerprint density at radius 3 is 2.35 bits per heavy atom. The van der Waals surface area contributed by atoms with Crippen LogP contribution in [0.2, 0.25) is 5.02 Å². The van der Waals surface area contributed by atoms with E-state index in [4.69, 9.17) is 11.6 Å². The third-order valence-electron chi connectivity index (χ3n) is 2.91. The lowest BCUT2D eigenvalue weighted by Gasteiger charge is -2.14. The van der Waals surface area contributed by atoms with Crippen LogP contribution in [-0.2, 0) is 0 Å². The zero-order valence-electron chi connectivity index (χ0n) is 12.0. The Hall–Kier alpha value is -1.81. The minimum absolute atomic E-state index is 0.719. The largest absolute Gasteiger partial charge is 0.370 e. The van der Waals surface area contributed by atoms with Crippen LogP contribution in [0.1, 0.15) is 24.7 Å². The molecule has 0 radical (unpaired) electrons. The van der Waals surface area contributed by atoms with Crippen LogP contribution in [0.15, 0.2) is 24.3 Å². The van der Waals surface area contributed by atoms with E-state index in [1.165, 1.54) is 0 Å². The Bertz CT molecular complexity index is 581. The lowest BCUT2D eigenvalue weighted by atomic mass is 10.2. The molecule has 1 aromatic carbocycles. The molecule has 1 aromatic heterocycles. The van der Waals surface area contributed by atoms with Crippen molar-refractivity contribution in [1.29, 1.82) is 0 Å². The summed E-state index contributed by atoms with van der Waals surface area (Å²) in [6, 6.07) is 7.56. The molecule has 0 spiro atoms. The molecule has 0 unspecified atom stereocenters. The third kappa shape index (κ3) is 3.61. The summed E-state index contributed by atoms with van der Waals surface area (Å²) >= 11 is 5.89. The smallest absolute Gasteiger partial charge is 0.139 e. The number of rotatable bonds is 5. The second kappa shape index (κ2) is 6.57. The Kier molecular flexibility index (Phi) is 4.79. The number of aromatic nitrogens is 2. The van der Waals surface area contributed by atoms with Gasteiger partial charge in [0.1, 0.15) is 17.5 Å². The number of halogens is 1. The summed E-state index contributed by atoms with van der Waals surface area (Å²) in [5.41, 5.74) is 1.97. The highest BCUT2D eigenvalue weighted by molar-refractivity contribution is 6.30. The van der Waals surface area contributed by atoms with Crippen LogP contribution < -0.4 is 10.6 Å². The number of anilines is 3. The Morgan fingerprint density at radius 1 is 1.05 bits per heavy atom. The monoisotopic (exact) mass is 290 g/mol. The molecule has 0 bridgehead atoms. The van der Waals surface area contributed by atoms with E-state index in [1.807, 2.05) is 38.1 Å². The molecule has 4 nitrogen and oxygen atoms in total. The standard InChI is InChI=1S/C15H19ClN4/c1-4-9-17-14-10(2)15(19-11(3)18-14)20-13-7-5-12(16)6-8-13/h5-8H,4,9H2,1-3H3,(H2,17,18,19,20). The molecule has 0 fully saturated rings. The van der Waals surface area contributed by atoms with Gasteiger partial charge in [0.05, 0.1) is 0 Å². The van der Waals surface area contributed by atoms with Gasteiger partial charge >= 0.3 is 0 Å². The predicted octanol–water partition coefficient (Wildman–Crippen LogP) is 4.31. The topological polar surface area (TPSA) is 49.8 Å². The molecule has 0 atom stereocenters. The van der Waals surface area contributed by atoms with Crippen LogP contribution in [-0.4, -0.2) is 16.5 Å². The van der Waals surface area contributed by atoms with Crippen molar-refractivity contribution in [3.63, 3.8) is 0 Å². The highest BCUT2D eigenvalue weighted by atomic mass is 35.5. The fourth-order valence-corrected chi connectivity index (χ4v) is 1.96. The summed E-state index contributed by atoms with van der Waals surface area (Å²) in [6.07, 6.45) is 1.06. The molecule has 2 rings (SSSR count). The van der Waals surface area contributed by atoms with Gasteiger partial charge in [0.25, 0.3) is 0 Å². The van der Waals surface area contributed by atoms with Gasteiger partial charge in [0.2, 0.25) is 0 Å². The molecule has 0 saturated heterocycles. The third-order valence-corrected chi connectivity index (χ3v) is 3.16. The summed E-state index contributed by atoms with van der Waals surface area (Å²) in [7, 11) is 0. The normalized spacial score (nSPS) is 10.4. The summed E-state index contributed by atoms with van der Waals surface area (Å²) in [5.74, 6) is 2.44. The molecular formula is C15H19ClN4. The molecule has 20 heavy (non-hydrogen) atoms. The van der Waals surface area contributed by atoms with E-state index in [0.29, 0.717) is 0 Å². The van der Waals surface area contributed by atoms with Crippen molar-refractivity contribution in [2.24, 2.45) is 0 Å². The number of aryl methyl sites for hydroxylation is 1. The van der Waals surface area contributed by atoms with E-state index in [1.54, 1.807) is 0 Å². The number of nitrogens with one attached hydrogen (secondary N) is 2. The number of nitrogens with zero attached hydrogens (tertiary/aromatic N) is 2. The molecule has 0 aliphatic carbocycles. The van der Waals surface area contributed by atoms with Crippen molar-refractivity contribution in [3.8, 4) is 0 Å². The molecule has 2 aromatic rings. The minimum atomic E-state index is 0.719. The molecule has 106 valence electrons. The van der Waals surface area contributed by atoms with Gasteiger partial charge < -0.3 is 10.6 Å². The summed E-state index contributed by atoms with van der Waals surface area (Å²) in [5, 5.41) is 7.35. The van der Waals surface area contributed by atoms with Crippen LogP contribution in [0.3, 0.4) is 0 Å². The van der Waals surface area contributed by atoms with Crippen molar-refractivity contribution in [1.82, 2.24) is 9.97 Å². The Balaban J connectivity index is 2.26.